The van der Waals surface area contributed by atoms with E-state index in [9.17, 15) is 8.42 Å². The molecule has 1 fully saturated rings. The number of aryl methyl sites for hydroxylation is 1. The second-order valence-corrected chi connectivity index (χ2v) is 9.30. The first-order chi connectivity index (χ1) is 11.3. The molecule has 0 saturated carbocycles. The lowest BCUT2D eigenvalue weighted by Gasteiger charge is -2.48. The Morgan fingerprint density at radius 2 is 2.21 bits per heavy atom. The Morgan fingerprint density at radius 1 is 1.50 bits per heavy atom. The van der Waals surface area contributed by atoms with Gasteiger partial charge in [-0.15, -0.1) is 11.3 Å². The summed E-state index contributed by atoms with van der Waals surface area (Å²) in [7, 11) is -3.26. The maximum Gasteiger partial charge on any atom is 0.225 e. The van der Waals surface area contributed by atoms with Gasteiger partial charge in [0.05, 0.1) is 29.2 Å². The summed E-state index contributed by atoms with van der Waals surface area (Å²) in [6.07, 6.45) is 0.176. The lowest BCUT2D eigenvalue weighted by molar-refractivity contribution is 0.182. The Morgan fingerprint density at radius 3 is 2.83 bits per heavy atom. The van der Waals surface area contributed by atoms with E-state index < -0.39 is 15.6 Å². The number of fused-ring (bicyclic) bond motifs is 1. The molecule has 2 aromatic heterocycles. The van der Waals surface area contributed by atoms with Gasteiger partial charge in [-0.05, 0) is 36.4 Å². The molecule has 0 bridgehead atoms. The zero-order valence-electron chi connectivity index (χ0n) is 13.2. The lowest BCUT2D eigenvalue weighted by Crippen LogP contribution is -2.67. The van der Waals surface area contributed by atoms with Crippen LogP contribution in [-0.2, 0) is 10.0 Å². The molecule has 10 heteroatoms. The van der Waals surface area contributed by atoms with Crippen molar-refractivity contribution in [1.29, 1.82) is 5.26 Å². The van der Waals surface area contributed by atoms with Crippen molar-refractivity contribution in [3.63, 3.8) is 0 Å². The maximum atomic E-state index is 12.0. The van der Waals surface area contributed by atoms with E-state index in [2.05, 4.69) is 21.4 Å². The quantitative estimate of drug-likeness (QED) is 0.793. The zero-order valence-corrected chi connectivity index (χ0v) is 15.6. The highest BCUT2D eigenvalue weighted by Gasteiger charge is 2.48. The average molecular weight is 386 g/mol. The van der Waals surface area contributed by atoms with Crippen LogP contribution in [0.5, 0.6) is 0 Å². The van der Waals surface area contributed by atoms with Crippen LogP contribution in [0.15, 0.2) is 5.38 Å². The first-order valence-electron chi connectivity index (χ1n) is 7.34. The Kier molecular flexibility index (Phi) is 4.42. The van der Waals surface area contributed by atoms with E-state index in [1.54, 1.807) is 6.92 Å². The smallest absolute Gasteiger partial charge is 0.225 e. The summed E-state index contributed by atoms with van der Waals surface area (Å²) in [6, 6.07) is 2.13. The minimum Gasteiger partial charge on any atom is -0.360 e. The molecule has 0 spiro atoms. The van der Waals surface area contributed by atoms with Gasteiger partial charge >= 0.3 is 0 Å². The van der Waals surface area contributed by atoms with Gasteiger partial charge in [-0.3, -0.25) is 0 Å². The van der Waals surface area contributed by atoms with Crippen LogP contribution in [0.3, 0.4) is 0 Å². The monoisotopic (exact) mass is 385 g/mol. The SMILES string of the molecule is CCS(=O)(=O)N1CC(CC#N)(Nc2nc(Cl)nc3scc(C)c23)C1. The van der Waals surface area contributed by atoms with Crippen LogP contribution in [0.2, 0.25) is 5.28 Å². The van der Waals surface area contributed by atoms with Crippen LogP contribution in [0, 0.1) is 18.3 Å². The predicted octanol–water partition coefficient (Wildman–Crippen LogP) is 2.38. The van der Waals surface area contributed by atoms with Crippen molar-refractivity contribution in [2.24, 2.45) is 0 Å². The summed E-state index contributed by atoms with van der Waals surface area (Å²) in [5, 5.41) is 15.4. The fourth-order valence-corrected chi connectivity index (χ4v) is 5.19. The Hall–Kier alpha value is -1.47. The van der Waals surface area contributed by atoms with Gasteiger partial charge in [-0.1, -0.05) is 0 Å². The van der Waals surface area contributed by atoms with Gasteiger partial charge in [-0.2, -0.15) is 9.57 Å². The number of nitrogens with zero attached hydrogens (tertiary/aromatic N) is 4. The lowest BCUT2D eigenvalue weighted by atomic mass is 9.89. The first-order valence-corrected chi connectivity index (χ1v) is 10.2. The van der Waals surface area contributed by atoms with Crippen molar-refractivity contribution < 1.29 is 8.42 Å². The Labute approximate surface area is 149 Å². The highest BCUT2D eigenvalue weighted by atomic mass is 35.5. The molecule has 0 radical (unpaired) electrons. The van der Waals surface area contributed by atoms with E-state index in [1.807, 2.05) is 12.3 Å². The molecule has 0 aromatic carbocycles. The average Bonchev–Trinajstić information content (AvgIpc) is 2.85. The number of nitrogens with one attached hydrogen (secondary N) is 1. The number of nitriles is 1. The van der Waals surface area contributed by atoms with E-state index in [-0.39, 0.29) is 30.5 Å². The van der Waals surface area contributed by atoms with Crippen LogP contribution in [-0.4, -0.2) is 47.1 Å². The molecule has 1 saturated heterocycles. The summed E-state index contributed by atoms with van der Waals surface area (Å²) in [5.41, 5.74) is 0.356. The number of hydrogen-bond donors (Lipinski definition) is 1. The van der Waals surface area contributed by atoms with Gasteiger partial charge in [0.2, 0.25) is 15.3 Å². The van der Waals surface area contributed by atoms with Gasteiger partial charge in [-0.25, -0.2) is 18.4 Å². The largest absolute Gasteiger partial charge is 0.360 e. The van der Waals surface area contributed by atoms with Gasteiger partial charge in [0.25, 0.3) is 0 Å². The number of halogens is 1. The topological polar surface area (TPSA) is 99.0 Å². The number of sulfonamides is 1. The molecule has 1 aliphatic rings. The third-order valence-corrected chi connectivity index (χ3v) is 7.04. The molecule has 0 unspecified atom stereocenters. The molecule has 3 heterocycles. The van der Waals surface area contributed by atoms with Gasteiger partial charge in [0.15, 0.2) is 0 Å². The van der Waals surface area contributed by atoms with Crippen LogP contribution in [0.4, 0.5) is 5.82 Å². The van der Waals surface area contributed by atoms with E-state index in [0.717, 1.165) is 15.8 Å². The minimum atomic E-state index is -3.26. The van der Waals surface area contributed by atoms with Crippen LogP contribution < -0.4 is 5.32 Å². The van der Waals surface area contributed by atoms with Crippen LogP contribution >= 0.6 is 22.9 Å². The number of thiophene rings is 1. The summed E-state index contributed by atoms with van der Waals surface area (Å²) in [6.45, 7) is 4.04. The molecule has 128 valence electrons. The zero-order chi connectivity index (χ0) is 17.5. The Bertz CT molecular complexity index is 929. The number of rotatable bonds is 5. The predicted molar refractivity (Wildman–Crippen MR) is 94.8 cm³/mol. The van der Waals surface area contributed by atoms with E-state index in [0.29, 0.717) is 5.82 Å². The first kappa shape index (κ1) is 17.4. The van der Waals surface area contributed by atoms with Crippen molar-refractivity contribution in [3.05, 3.63) is 16.2 Å². The van der Waals surface area contributed by atoms with Gasteiger partial charge < -0.3 is 5.32 Å². The van der Waals surface area contributed by atoms with Crippen molar-refractivity contribution in [3.8, 4) is 6.07 Å². The van der Waals surface area contributed by atoms with Gasteiger partial charge in [0.1, 0.15) is 10.6 Å². The maximum absolute atomic E-state index is 12.0. The number of hydrogen-bond acceptors (Lipinski definition) is 7. The summed E-state index contributed by atoms with van der Waals surface area (Å²) < 4.78 is 25.3. The van der Waals surface area contributed by atoms with Crippen molar-refractivity contribution >= 4 is 49.0 Å². The van der Waals surface area contributed by atoms with Crippen molar-refractivity contribution in [1.82, 2.24) is 14.3 Å². The highest BCUT2D eigenvalue weighted by molar-refractivity contribution is 7.89. The van der Waals surface area contributed by atoms with E-state index in [4.69, 9.17) is 16.9 Å². The van der Waals surface area contributed by atoms with Crippen molar-refractivity contribution in [2.75, 3.05) is 24.2 Å². The molecule has 24 heavy (non-hydrogen) atoms. The second-order valence-electron chi connectivity index (χ2n) is 5.85. The molecule has 0 aliphatic carbocycles. The minimum absolute atomic E-state index is 0.0445. The molecular formula is C14H16ClN5O2S2. The molecule has 3 rings (SSSR count). The molecule has 0 atom stereocenters. The molecule has 2 aromatic rings. The molecule has 7 nitrogen and oxygen atoms in total. The van der Waals surface area contributed by atoms with Crippen LogP contribution in [0.25, 0.3) is 10.2 Å². The van der Waals surface area contributed by atoms with E-state index in [1.165, 1.54) is 15.6 Å². The second kappa shape index (κ2) is 6.11. The van der Waals surface area contributed by atoms with Crippen LogP contribution in [0.1, 0.15) is 18.9 Å². The van der Waals surface area contributed by atoms with Gasteiger partial charge in [0, 0.05) is 13.1 Å². The summed E-state index contributed by atoms with van der Waals surface area (Å²) >= 11 is 7.47. The highest BCUT2D eigenvalue weighted by Crippen LogP contribution is 2.36. The Balaban J connectivity index is 1.94. The molecule has 1 N–H and O–H groups in total. The molecule has 1 aliphatic heterocycles. The molecular weight excluding hydrogens is 370 g/mol. The summed E-state index contributed by atoms with van der Waals surface area (Å²) in [5.74, 6) is 0.593. The van der Waals surface area contributed by atoms with Crippen molar-refractivity contribution in [2.45, 2.75) is 25.8 Å². The summed E-state index contributed by atoms with van der Waals surface area (Å²) in [4.78, 5) is 9.23. The fraction of sp³-hybridized carbons (Fsp3) is 0.500. The molecule has 0 amide bonds. The third kappa shape index (κ3) is 2.95. The number of aromatic nitrogens is 2. The third-order valence-electron chi connectivity index (χ3n) is 4.11. The standard InChI is InChI=1S/C14H16ClN5O2S2/c1-3-24(21,22)20-7-14(8-20,4-5-16)19-11-10-9(2)6-23-12(10)18-13(15)17-11/h6H,3-4,7-8H2,1-2H3,(H,17,18,19). The normalized spacial score (nSPS) is 17.4. The van der Waals surface area contributed by atoms with E-state index >= 15 is 0 Å². The fourth-order valence-electron chi connectivity index (χ4n) is 2.79. The number of anilines is 1.